The van der Waals surface area contributed by atoms with Crippen LogP contribution >= 0.6 is 12.6 Å². The van der Waals surface area contributed by atoms with Gasteiger partial charge in [0.25, 0.3) is 0 Å². The van der Waals surface area contributed by atoms with Crippen LogP contribution in [0.1, 0.15) is 19.3 Å². The Morgan fingerprint density at radius 2 is 2.36 bits per heavy atom. The lowest BCUT2D eigenvalue weighted by Gasteiger charge is -2.30. The molecule has 0 bridgehead atoms. The molecule has 1 aliphatic heterocycles. The monoisotopic (exact) mass is 175 g/mol. The van der Waals surface area contributed by atoms with Gasteiger partial charge in [-0.15, -0.1) is 0 Å². The van der Waals surface area contributed by atoms with E-state index in [2.05, 4.69) is 17.4 Å². The second-order valence-electron chi connectivity index (χ2n) is 2.64. The summed E-state index contributed by atoms with van der Waals surface area (Å²) in [4.78, 5) is 12.7. The minimum atomic E-state index is -0.260. The van der Waals surface area contributed by atoms with Gasteiger partial charge in [-0.05, 0) is 19.3 Å². The highest BCUT2D eigenvalue weighted by Crippen LogP contribution is 2.19. The first kappa shape index (κ1) is 8.71. The van der Waals surface area contributed by atoms with E-state index in [4.69, 9.17) is 0 Å². The molecular weight excluding hydrogens is 162 g/mol. The highest BCUT2D eigenvalue weighted by Gasteiger charge is 2.23. The number of carbonyl (C=O) groups excluding carboxylic acids is 1. The number of thiol groups is 1. The molecule has 1 rings (SSSR count). The maximum Gasteiger partial charge on any atom is 0.410 e. The molecule has 0 N–H and O–H groups in total. The van der Waals surface area contributed by atoms with Crippen LogP contribution in [-0.2, 0) is 4.74 Å². The number of nitrogens with zero attached hydrogens (tertiary/aromatic N) is 1. The van der Waals surface area contributed by atoms with E-state index in [0.717, 1.165) is 25.8 Å². The molecule has 11 heavy (non-hydrogen) atoms. The molecular formula is C7H13NO2S. The second-order valence-corrected chi connectivity index (χ2v) is 3.24. The van der Waals surface area contributed by atoms with Gasteiger partial charge in [0, 0.05) is 6.54 Å². The molecule has 1 aliphatic rings. The average Bonchev–Trinajstić information content (AvgIpc) is 2.04. The summed E-state index contributed by atoms with van der Waals surface area (Å²) < 4.78 is 4.60. The molecule has 3 nitrogen and oxygen atoms in total. The van der Waals surface area contributed by atoms with Crippen LogP contribution in [0, 0.1) is 0 Å². The van der Waals surface area contributed by atoms with Crippen molar-refractivity contribution in [3.05, 3.63) is 0 Å². The van der Waals surface area contributed by atoms with Crippen molar-refractivity contribution in [1.82, 2.24) is 4.90 Å². The van der Waals surface area contributed by atoms with Crippen molar-refractivity contribution in [2.24, 2.45) is 0 Å². The predicted molar refractivity (Wildman–Crippen MR) is 45.7 cm³/mol. The van der Waals surface area contributed by atoms with Crippen molar-refractivity contribution >= 4 is 18.7 Å². The van der Waals surface area contributed by atoms with Crippen LogP contribution in [0.4, 0.5) is 4.79 Å². The van der Waals surface area contributed by atoms with Gasteiger partial charge in [-0.25, -0.2) is 4.79 Å². The van der Waals surface area contributed by atoms with Crippen molar-refractivity contribution in [3.63, 3.8) is 0 Å². The lowest BCUT2D eigenvalue weighted by molar-refractivity contribution is 0.109. The first-order chi connectivity index (χ1) is 5.25. The Morgan fingerprint density at radius 1 is 1.64 bits per heavy atom. The molecule has 1 atom stereocenters. The molecule has 4 heteroatoms. The molecule has 0 spiro atoms. The minimum Gasteiger partial charge on any atom is -0.453 e. The third-order valence-electron chi connectivity index (χ3n) is 1.88. The van der Waals surface area contributed by atoms with E-state index in [-0.39, 0.29) is 11.5 Å². The molecule has 1 saturated heterocycles. The first-order valence-electron chi connectivity index (χ1n) is 3.78. The number of hydrogen-bond donors (Lipinski definition) is 1. The average molecular weight is 175 g/mol. The maximum atomic E-state index is 11.0. The Kier molecular flexibility index (Phi) is 3.05. The van der Waals surface area contributed by atoms with Crippen LogP contribution in [0.3, 0.4) is 0 Å². The summed E-state index contributed by atoms with van der Waals surface area (Å²) in [5.41, 5.74) is 0. The number of amides is 1. The first-order valence-corrected chi connectivity index (χ1v) is 4.30. The minimum absolute atomic E-state index is 0.0520. The second kappa shape index (κ2) is 3.85. The summed E-state index contributed by atoms with van der Waals surface area (Å²) in [5, 5.41) is 0.0520. The Hall–Kier alpha value is -0.380. The van der Waals surface area contributed by atoms with Crippen molar-refractivity contribution in [2.75, 3.05) is 13.7 Å². The summed E-state index contributed by atoms with van der Waals surface area (Å²) in [5.74, 6) is 0. The van der Waals surface area contributed by atoms with Crippen LogP contribution in [-0.4, -0.2) is 30.0 Å². The van der Waals surface area contributed by atoms with Crippen LogP contribution in [0.2, 0.25) is 0 Å². The largest absolute Gasteiger partial charge is 0.453 e. The molecule has 0 radical (unpaired) electrons. The van der Waals surface area contributed by atoms with Gasteiger partial charge in [0.1, 0.15) is 0 Å². The number of likely N-dealkylation sites (tertiary alicyclic amines) is 1. The summed E-state index contributed by atoms with van der Waals surface area (Å²) in [7, 11) is 1.40. The molecule has 0 aromatic carbocycles. The number of carbonyl (C=O) groups is 1. The normalized spacial score (nSPS) is 24.9. The van der Waals surface area contributed by atoms with Crippen molar-refractivity contribution in [1.29, 1.82) is 0 Å². The third-order valence-corrected chi connectivity index (χ3v) is 2.42. The molecule has 1 heterocycles. The number of hydrogen-bond acceptors (Lipinski definition) is 3. The molecule has 0 saturated carbocycles. The highest BCUT2D eigenvalue weighted by atomic mass is 32.1. The smallest absolute Gasteiger partial charge is 0.410 e. The van der Waals surface area contributed by atoms with Crippen LogP contribution in [0.25, 0.3) is 0 Å². The zero-order valence-electron chi connectivity index (χ0n) is 6.62. The topological polar surface area (TPSA) is 29.5 Å². The fourth-order valence-corrected chi connectivity index (χ4v) is 1.64. The van der Waals surface area contributed by atoms with Gasteiger partial charge in [-0.2, -0.15) is 12.6 Å². The van der Waals surface area contributed by atoms with Gasteiger partial charge in [0.15, 0.2) is 0 Å². The van der Waals surface area contributed by atoms with Gasteiger partial charge >= 0.3 is 6.09 Å². The Bertz CT molecular complexity index is 151. The van der Waals surface area contributed by atoms with Gasteiger partial charge in [0.2, 0.25) is 0 Å². The predicted octanol–water partition coefficient (Wildman–Crippen LogP) is 1.49. The number of piperidine rings is 1. The Balaban J connectivity index is 2.47. The van der Waals surface area contributed by atoms with Gasteiger partial charge < -0.3 is 4.74 Å². The van der Waals surface area contributed by atoms with Crippen LogP contribution < -0.4 is 0 Å². The van der Waals surface area contributed by atoms with E-state index in [1.807, 2.05) is 0 Å². The van der Waals surface area contributed by atoms with Gasteiger partial charge in [-0.1, -0.05) is 0 Å². The molecule has 1 unspecified atom stereocenters. The van der Waals surface area contributed by atoms with E-state index >= 15 is 0 Å². The van der Waals surface area contributed by atoms with E-state index in [0.29, 0.717) is 0 Å². The van der Waals surface area contributed by atoms with Crippen molar-refractivity contribution in [3.8, 4) is 0 Å². The van der Waals surface area contributed by atoms with E-state index in [1.54, 1.807) is 4.90 Å². The lowest BCUT2D eigenvalue weighted by Crippen LogP contribution is -2.40. The van der Waals surface area contributed by atoms with Crippen molar-refractivity contribution in [2.45, 2.75) is 24.6 Å². The summed E-state index contributed by atoms with van der Waals surface area (Å²) in [6.07, 6.45) is 2.93. The lowest BCUT2D eigenvalue weighted by atomic mass is 10.1. The molecule has 1 amide bonds. The van der Waals surface area contributed by atoms with E-state index in [9.17, 15) is 4.79 Å². The number of rotatable bonds is 0. The molecule has 0 aliphatic carbocycles. The quantitative estimate of drug-likeness (QED) is 0.565. The zero-order valence-corrected chi connectivity index (χ0v) is 7.51. The highest BCUT2D eigenvalue weighted by molar-refractivity contribution is 7.80. The van der Waals surface area contributed by atoms with E-state index in [1.165, 1.54) is 7.11 Å². The van der Waals surface area contributed by atoms with Gasteiger partial charge in [0.05, 0.1) is 12.5 Å². The van der Waals surface area contributed by atoms with Crippen LogP contribution in [0.15, 0.2) is 0 Å². The zero-order chi connectivity index (χ0) is 8.27. The summed E-state index contributed by atoms with van der Waals surface area (Å²) in [6.45, 7) is 0.779. The summed E-state index contributed by atoms with van der Waals surface area (Å²) >= 11 is 4.27. The van der Waals surface area contributed by atoms with Crippen LogP contribution in [0.5, 0.6) is 0 Å². The third kappa shape index (κ3) is 2.02. The SMILES string of the molecule is COC(=O)N1CCCCC1S. The molecule has 0 aromatic rings. The molecule has 0 aromatic heterocycles. The molecule has 1 fully saturated rings. The fraction of sp³-hybridized carbons (Fsp3) is 0.857. The standard InChI is InChI=1S/C7H13NO2S/c1-10-7(9)8-5-3-2-4-6(8)11/h6,11H,2-5H2,1H3. The number of ether oxygens (including phenoxy) is 1. The molecule has 64 valence electrons. The maximum absolute atomic E-state index is 11.0. The summed E-state index contributed by atoms with van der Waals surface area (Å²) in [6, 6.07) is 0. The van der Waals surface area contributed by atoms with Crippen molar-refractivity contribution < 1.29 is 9.53 Å². The Labute approximate surface area is 72.1 Å². The van der Waals surface area contributed by atoms with Gasteiger partial charge in [-0.3, -0.25) is 4.90 Å². The number of methoxy groups -OCH3 is 1. The Morgan fingerprint density at radius 3 is 2.91 bits per heavy atom. The van der Waals surface area contributed by atoms with E-state index < -0.39 is 0 Å². The fourth-order valence-electron chi connectivity index (χ4n) is 1.24.